The molecule has 0 atom stereocenters. The zero-order valence-electron chi connectivity index (χ0n) is 13.0. The maximum atomic E-state index is 12.0. The van der Waals surface area contributed by atoms with Crippen LogP contribution in [0.3, 0.4) is 0 Å². The summed E-state index contributed by atoms with van der Waals surface area (Å²) in [5.41, 5.74) is 9.42. The van der Waals surface area contributed by atoms with Crippen molar-refractivity contribution < 1.29 is 14.3 Å². The lowest BCUT2D eigenvalue weighted by Crippen LogP contribution is -2.21. The second kappa shape index (κ2) is 6.93. The molecule has 0 aromatic heterocycles. The normalized spacial score (nSPS) is 12.5. The molecule has 24 heavy (non-hydrogen) atoms. The minimum Gasteiger partial charge on any atom is -0.452 e. The van der Waals surface area contributed by atoms with Crippen molar-refractivity contribution in [3.63, 3.8) is 0 Å². The van der Waals surface area contributed by atoms with E-state index in [1.165, 1.54) is 23.3 Å². The minimum atomic E-state index is -0.659. The van der Waals surface area contributed by atoms with Crippen LogP contribution in [0.2, 0.25) is 5.02 Å². The van der Waals surface area contributed by atoms with Crippen LogP contribution in [-0.2, 0) is 22.4 Å². The topological polar surface area (TPSA) is 81.4 Å². The Hall–Kier alpha value is -2.53. The standard InChI is InChI=1S/C18H17ClN2O3/c19-13-5-7-15(16(20)9-13)18(23)24-10-17(22)21-14-6-4-11-2-1-3-12(11)8-14/h4-9H,1-3,10,20H2,(H,21,22). The van der Waals surface area contributed by atoms with Crippen molar-refractivity contribution in [1.29, 1.82) is 0 Å². The number of nitrogens with one attached hydrogen (secondary N) is 1. The summed E-state index contributed by atoms with van der Waals surface area (Å²) in [7, 11) is 0. The Morgan fingerprint density at radius 2 is 1.92 bits per heavy atom. The maximum Gasteiger partial charge on any atom is 0.340 e. The van der Waals surface area contributed by atoms with Gasteiger partial charge >= 0.3 is 5.97 Å². The van der Waals surface area contributed by atoms with Gasteiger partial charge in [0, 0.05) is 16.4 Å². The van der Waals surface area contributed by atoms with Crippen LogP contribution in [0.1, 0.15) is 27.9 Å². The highest BCUT2D eigenvalue weighted by atomic mass is 35.5. The number of nitrogens with two attached hydrogens (primary N) is 1. The highest BCUT2D eigenvalue weighted by Crippen LogP contribution is 2.25. The average molecular weight is 345 g/mol. The Balaban J connectivity index is 1.56. The first-order valence-corrected chi connectivity index (χ1v) is 8.04. The molecule has 124 valence electrons. The van der Waals surface area contributed by atoms with Gasteiger partial charge in [0.1, 0.15) is 0 Å². The summed E-state index contributed by atoms with van der Waals surface area (Å²) >= 11 is 5.78. The van der Waals surface area contributed by atoms with Gasteiger partial charge in [-0.1, -0.05) is 17.7 Å². The molecule has 0 spiro atoms. The molecular formula is C18H17ClN2O3. The smallest absolute Gasteiger partial charge is 0.340 e. The van der Waals surface area contributed by atoms with Crippen LogP contribution < -0.4 is 11.1 Å². The Bertz CT molecular complexity index is 805. The minimum absolute atomic E-state index is 0.185. The molecule has 0 fully saturated rings. The van der Waals surface area contributed by atoms with E-state index < -0.39 is 11.9 Å². The molecule has 0 unspecified atom stereocenters. The van der Waals surface area contributed by atoms with E-state index >= 15 is 0 Å². The van der Waals surface area contributed by atoms with Gasteiger partial charge in [0.15, 0.2) is 6.61 Å². The number of rotatable bonds is 4. The number of carbonyl (C=O) groups excluding carboxylic acids is 2. The first-order chi connectivity index (χ1) is 11.5. The Kier molecular flexibility index (Phi) is 4.71. The highest BCUT2D eigenvalue weighted by molar-refractivity contribution is 6.31. The van der Waals surface area contributed by atoms with Gasteiger partial charge < -0.3 is 15.8 Å². The van der Waals surface area contributed by atoms with Gasteiger partial charge in [-0.2, -0.15) is 0 Å². The summed E-state index contributed by atoms with van der Waals surface area (Å²) < 4.78 is 5.00. The van der Waals surface area contributed by atoms with E-state index in [9.17, 15) is 9.59 Å². The Morgan fingerprint density at radius 1 is 1.12 bits per heavy atom. The Labute approximate surface area is 144 Å². The molecular weight excluding hydrogens is 328 g/mol. The van der Waals surface area contributed by atoms with E-state index in [0.29, 0.717) is 10.7 Å². The number of benzene rings is 2. The number of ether oxygens (including phenoxy) is 1. The Morgan fingerprint density at radius 3 is 2.71 bits per heavy atom. The van der Waals surface area contributed by atoms with E-state index in [1.54, 1.807) is 6.07 Å². The molecule has 0 saturated carbocycles. The van der Waals surface area contributed by atoms with Crippen molar-refractivity contribution in [2.24, 2.45) is 0 Å². The van der Waals surface area contributed by atoms with Gasteiger partial charge in [0.25, 0.3) is 5.91 Å². The predicted octanol–water partition coefficient (Wildman–Crippen LogP) is 3.21. The molecule has 5 nitrogen and oxygen atoms in total. The van der Waals surface area contributed by atoms with Crippen LogP contribution in [0.5, 0.6) is 0 Å². The van der Waals surface area contributed by atoms with Crippen LogP contribution in [0.4, 0.5) is 11.4 Å². The van der Waals surface area contributed by atoms with Crippen LogP contribution >= 0.6 is 11.6 Å². The van der Waals surface area contributed by atoms with Crippen molar-refractivity contribution in [1.82, 2.24) is 0 Å². The molecule has 1 aliphatic rings. The number of nitrogen functional groups attached to an aromatic ring is 1. The summed E-state index contributed by atoms with van der Waals surface area (Å²) in [6, 6.07) is 10.3. The predicted molar refractivity (Wildman–Crippen MR) is 93.2 cm³/mol. The fraction of sp³-hybridized carbons (Fsp3) is 0.222. The first kappa shape index (κ1) is 16.3. The highest BCUT2D eigenvalue weighted by Gasteiger charge is 2.15. The fourth-order valence-corrected chi connectivity index (χ4v) is 2.96. The van der Waals surface area contributed by atoms with Crippen LogP contribution in [0, 0.1) is 0 Å². The van der Waals surface area contributed by atoms with E-state index in [1.807, 2.05) is 18.2 Å². The number of halogens is 1. The van der Waals surface area contributed by atoms with Crippen molar-refractivity contribution in [3.8, 4) is 0 Å². The molecule has 3 N–H and O–H groups in total. The SMILES string of the molecule is Nc1cc(Cl)ccc1C(=O)OCC(=O)Nc1ccc2c(c1)CCC2. The lowest BCUT2D eigenvalue weighted by molar-refractivity contribution is -0.119. The summed E-state index contributed by atoms with van der Waals surface area (Å²) in [4.78, 5) is 23.9. The van der Waals surface area contributed by atoms with E-state index in [4.69, 9.17) is 22.1 Å². The lowest BCUT2D eigenvalue weighted by Gasteiger charge is -2.09. The maximum absolute atomic E-state index is 12.0. The summed E-state index contributed by atoms with van der Waals surface area (Å²) in [6.45, 7) is -0.377. The number of hydrogen-bond acceptors (Lipinski definition) is 4. The number of aryl methyl sites for hydroxylation is 2. The van der Waals surface area contributed by atoms with Gasteiger partial charge in [-0.15, -0.1) is 0 Å². The number of hydrogen-bond donors (Lipinski definition) is 2. The average Bonchev–Trinajstić information content (AvgIpc) is 3.00. The number of esters is 1. The largest absolute Gasteiger partial charge is 0.452 e. The summed E-state index contributed by atoms with van der Waals surface area (Å²) in [6.07, 6.45) is 3.26. The zero-order chi connectivity index (χ0) is 17.1. The van der Waals surface area contributed by atoms with E-state index in [-0.39, 0.29) is 17.9 Å². The molecule has 0 saturated heterocycles. The number of fused-ring (bicyclic) bond motifs is 1. The van der Waals surface area contributed by atoms with E-state index in [2.05, 4.69) is 5.32 Å². The molecule has 0 bridgehead atoms. The number of amides is 1. The van der Waals surface area contributed by atoms with Gasteiger partial charge in [0.2, 0.25) is 0 Å². The third kappa shape index (κ3) is 3.68. The molecule has 1 aliphatic carbocycles. The summed E-state index contributed by atoms with van der Waals surface area (Å²) in [5.74, 6) is -1.05. The monoisotopic (exact) mass is 344 g/mol. The first-order valence-electron chi connectivity index (χ1n) is 7.67. The molecule has 0 heterocycles. The lowest BCUT2D eigenvalue weighted by atomic mass is 10.1. The van der Waals surface area contributed by atoms with Crippen LogP contribution in [0.15, 0.2) is 36.4 Å². The van der Waals surface area contributed by atoms with Gasteiger partial charge in [-0.25, -0.2) is 4.79 Å². The van der Waals surface area contributed by atoms with Gasteiger partial charge in [-0.3, -0.25) is 4.79 Å². The number of anilines is 2. The van der Waals surface area contributed by atoms with Crippen molar-refractivity contribution in [2.75, 3.05) is 17.7 Å². The van der Waals surface area contributed by atoms with Gasteiger partial charge in [0.05, 0.1) is 5.56 Å². The third-order valence-corrected chi connectivity index (χ3v) is 4.19. The molecule has 2 aromatic carbocycles. The molecule has 0 radical (unpaired) electrons. The van der Waals surface area contributed by atoms with Crippen LogP contribution in [-0.4, -0.2) is 18.5 Å². The quantitative estimate of drug-likeness (QED) is 0.659. The molecule has 0 aliphatic heterocycles. The third-order valence-electron chi connectivity index (χ3n) is 3.95. The number of carbonyl (C=O) groups is 2. The second-order valence-corrected chi connectivity index (χ2v) is 6.13. The molecule has 3 rings (SSSR count). The zero-order valence-corrected chi connectivity index (χ0v) is 13.7. The van der Waals surface area contributed by atoms with E-state index in [0.717, 1.165) is 19.3 Å². The fourth-order valence-electron chi connectivity index (χ4n) is 2.77. The second-order valence-electron chi connectivity index (χ2n) is 5.69. The molecule has 6 heteroatoms. The van der Waals surface area contributed by atoms with Crippen LogP contribution in [0.25, 0.3) is 0 Å². The summed E-state index contributed by atoms with van der Waals surface area (Å²) in [5, 5.41) is 3.16. The molecule has 2 aromatic rings. The molecule has 1 amide bonds. The van der Waals surface area contributed by atoms with Crippen molar-refractivity contribution in [2.45, 2.75) is 19.3 Å². The van der Waals surface area contributed by atoms with Crippen molar-refractivity contribution in [3.05, 3.63) is 58.1 Å². The van der Waals surface area contributed by atoms with Gasteiger partial charge in [-0.05, 0) is 60.7 Å². The van der Waals surface area contributed by atoms with Crippen molar-refractivity contribution >= 4 is 34.9 Å².